The van der Waals surface area contributed by atoms with Crippen LogP contribution in [-0.2, 0) is 4.79 Å². The van der Waals surface area contributed by atoms with Gasteiger partial charge in [0.2, 0.25) is 0 Å². The fourth-order valence-corrected chi connectivity index (χ4v) is 1.82. The molecule has 2 rings (SSSR count). The van der Waals surface area contributed by atoms with Crippen molar-refractivity contribution in [2.45, 2.75) is 19.9 Å². The average Bonchev–Trinajstić information content (AvgIpc) is 2.82. The molecule has 96 valence electrons. The fraction of sp³-hybridized carbons (Fsp3) is 0.200. The first kappa shape index (κ1) is 12.9. The van der Waals surface area contributed by atoms with Crippen LogP contribution in [-0.4, -0.2) is 16.9 Å². The van der Waals surface area contributed by atoms with Gasteiger partial charge in [0.05, 0.1) is 0 Å². The van der Waals surface area contributed by atoms with E-state index in [-0.39, 0.29) is 17.5 Å². The van der Waals surface area contributed by atoms with E-state index >= 15 is 0 Å². The van der Waals surface area contributed by atoms with Gasteiger partial charge in [-0.05, 0) is 49.1 Å². The number of amides is 1. The number of rotatable bonds is 3. The lowest BCUT2D eigenvalue weighted by atomic mass is 10.1. The van der Waals surface area contributed by atoms with E-state index < -0.39 is 0 Å². The lowest BCUT2D eigenvalue weighted by Crippen LogP contribution is -2.30. The molecule has 0 fully saturated rings. The molecular formula is C15H15N3O. The summed E-state index contributed by atoms with van der Waals surface area (Å²) in [5.41, 5.74) is 1.98. The largest absolute Gasteiger partial charge is 0.361 e. The van der Waals surface area contributed by atoms with Crippen LogP contribution in [0.4, 0.5) is 0 Å². The normalized spacial score (nSPS) is 11.6. The molecule has 1 heterocycles. The molecule has 0 radical (unpaired) electrons. The molecule has 2 N–H and O–H groups in total. The minimum atomic E-state index is -0.341. The molecule has 0 aliphatic rings. The zero-order valence-corrected chi connectivity index (χ0v) is 10.9. The van der Waals surface area contributed by atoms with Gasteiger partial charge in [-0.3, -0.25) is 4.79 Å². The standard InChI is InChI=1S/C15H15N3O/c1-10(2)18-15(19)13(9-16)8-11-3-4-14-12(7-11)5-6-17-14/h3-8,10,17H,1-2H3,(H,18,19)/b13-8+. The second-order valence-corrected chi connectivity index (χ2v) is 4.62. The highest BCUT2D eigenvalue weighted by Crippen LogP contribution is 2.16. The van der Waals surface area contributed by atoms with Crippen LogP contribution < -0.4 is 5.32 Å². The SMILES string of the molecule is CC(C)NC(=O)/C(C#N)=C/c1ccc2[nH]ccc2c1. The summed E-state index contributed by atoms with van der Waals surface area (Å²) in [7, 11) is 0. The third-order valence-corrected chi connectivity index (χ3v) is 2.67. The molecule has 0 bridgehead atoms. The van der Waals surface area contributed by atoms with E-state index in [9.17, 15) is 4.79 Å². The average molecular weight is 253 g/mol. The Kier molecular flexibility index (Phi) is 3.67. The monoisotopic (exact) mass is 253 g/mol. The Hall–Kier alpha value is -2.54. The van der Waals surface area contributed by atoms with Gasteiger partial charge >= 0.3 is 0 Å². The van der Waals surface area contributed by atoms with Crippen LogP contribution in [0.5, 0.6) is 0 Å². The van der Waals surface area contributed by atoms with Gasteiger partial charge in [-0.15, -0.1) is 0 Å². The van der Waals surface area contributed by atoms with Crippen molar-refractivity contribution in [1.29, 1.82) is 5.26 Å². The van der Waals surface area contributed by atoms with Gasteiger partial charge in [-0.2, -0.15) is 5.26 Å². The van der Waals surface area contributed by atoms with Gasteiger partial charge in [0.1, 0.15) is 11.6 Å². The summed E-state index contributed by atoms with van der Waals surface area (Å²) >= 11 is 0. The maximum absolute atomic E-state index is 11.8. The first-order valence-corrected chi connectivity index (χ1v) is 6.10. The van der Waals surface area contributed by atoms with Gasteiger partial charge < -0.3 is 10.3 Å². The highest BCUT2D eigenvalue weighted by Gasteiger charge is 2.09. The number of hydrogen-bond donors (Lipinski definition) is 2. The molecule has 0 aliphatic heterocycles. The van der Waals surface area contributed by atoms with E-state index in [0.717, 1.165) is 16.5 Å². The first-order chi connectivity index (χ1) is 9.10. The minimum absolute atomic E-state index is 0.0106. The molecule has 1 aromatic carbocycles. The van der Waals surface area contributed by atoms with Gasteiger partial charge in [0.25, 0.3) is 5.91 Å². The minimum Gasteiger partial charge on any atom is -0.361 e. The summed E-state index contributed by atoms with van der Waals surface area (Å²) in [5.74, 6) is -0.341. The molecule has 1 aromatic heterocycles. The molecule has 1 amide bonds. The molecule has 4 nitrogen and oxygen atoms in total. The van der Waals surface area contributed by atoms with Crippen molar-refractivity contribution in [2.24, 2.45) is 0 Å². The summed E-state index contributed by atoms with van der Waals surface area (Å²) in [6.45, 7) is 3.72. The molecular weight excluding hydrogens is 238 g/mol. The number of aromatic amines is 1. The number of H-pyrrole nitrogens is 1. The Bertz CT molecular complexity index is 674. The maximum atomic E-state index is 11.8. The van der Waals surface area contributed by atoms with Gasteiger partial charge in [-0.25, -0.2) is 0 Å². The highest BCUT2D eigenvalue weighted by atomic mass is 16.1. The molecule has 0 saturated heterocycles. The zero-order valence-electron chi connectivity index (χ0n) is 10.9. The third-order valence-electron chi connectivity index (χ3n) is 2.67. The number of nitrogens with one attached hydrogen (secondary N) is 2. The first-order valence-electron chi connectivity index (χ1n) is 6.10. The van der Waals surface area contributed by atoms with E-state index in [4.69, 9.17) is 5.26 Å². The molecule has 2 aromatic rings. The van der Waals surface area contributed by atoms with Crippen LogP contribution in [0.25, 0.3) is 17.0 Å². The number of benzene rings is 1. The van der Waals surface area contributed by atoms with Crippen molar-refractivity contribution in [3.63, 3.8) is 0 Å². The number of nitriles is 1. The summed E-state index contributed by atoms with van der Waals surface area (Å²) < 4.78 is 0. The molecule has 0 aliphatic carbocycles. The van der Waals surface area contributed by atoms with Crippen molar-refractivity contribution in [2.75, 3.05) is 0 Å². The van der Waals surface area contributed by atoms with Crippen molar-refractivity contribution in [3.05, 3.63) is 41.6 Å². The predicted molar refractivity (Wildman–Crippen MR) is 75.2 cm³/mol. The molecule has 0 spiro atoms. The van der Waals surface area contributed by atoms with Crippen molar-refractivity contribution in [3.8, 4) is 6.07 Å². The topological polar surface area (TPSA) is 68.7 Å². The quantitative estimate of drug-likeness (QED) is 0.652. The van der Waals surface area contributed by atoms with Crippen molar-refractivity contribution < 1.29 is 4.79 Å². The number of carbonyl (C=O) groups is 1. The van der Waals surface area contributed by atoms with Crippen molar-refractivity contribution >= 4 is 22.9 Å². The fourth-order valence-electron chi connectivity index (χ4n) is 1.82. The lowest BCUT2D eigenvalue weighted by Gasteiger charge is -2.06. The smallest absolute Gasteiger partial charge is 0.262 e. The van der Waals surface area contributed by atoms with E-state index in [1.165, 1.54) is 0 Å². The molecule has 0 saturated carbocycles. The van der Waals surface area contributed by atoms with E-state index in [1.54, 1.807) is 6.08 Å². The van der Waals surface area contributed by atoms with E-state index in [1.807, 2.05) is 50.4 Å². The summed E-state index contributed by atoms with van der Waals surface area (Å²) in [5, 5.41) is 12.8. The van der Waals surface area contributed by atoms with Gasteiger partial charge in [0.15, 0.2) is 0 Å². The van der Waals surface area contributed by atoms with Gasteiger partial charge in [-0.1, -0.05) is 6.07 Å². The molecule has 0 atom stereocenters. The molecule has 19 heavy (non-hydrogen) atoms. The van der Waals surface area contributed by atoms with Crippen LogP contribution >= 0.6 is 0 Å². The number of hydrogen-bond acceptors (Lipinski definition) is 2. The number of fused-ring (bicyclic) bond motifs is 1. The Morgan fingerprint density at radius 1 is 1.42 bits per heavy atom. The van der Waals surface area contributed by atoms with E-state index in [0.29, 0.717) is 0 Å². The maximum Gasteiger partial charge on any atom is 0.262 e. The van der Waals surface area contributed by atoms with Crippen LogP contribution in [0.3, 0.4) is 0 Å². The number of aromatic nitrogens is 1. The summed E-state index contributed by atoms with van der Waals surface area (Å²) in [6.07, 6.45) is 3.46. The Morgan fingerprint density at radius 3 is 2.89 bits per heavy atom. The predicted octanol–water partition coefficient (Wildman–Crippen LogP) is 2.60. The number of carbonyl (C=O) groups excluding carboxylic acids is 1. The zero-order chi connectivity index (χ0) is 13.8. The van der Waals surface area contributed by atoms with E-state index in [2.05, 4.69) is 10.3 Å². The van der Waals surface area contributed by atoms with Crippen LogP contribution in [0.1, 0.15) is 19.4 Å². The second-order valence-electron chi connectivity index (χ2n) is 4.62. The highest BCUT2D eigenvalue weighted by molar-refractivity contribution is 6.02. The van der Waals surface area contributed by atoms with Gasteiger partial charge in [0, 0.05) is 17.8 Å². The lowest BCUT2D eigenvalue weighted by molar-refractivity contribution is -0.117. The third kappa shape index (κ3) is 3.02. The Balaban J connectivity index is 2.31. The van der Waals surface area contributed by atoms with Crippen LogP contribution in [0.15, 0.2) is 36.0 Å². The molecule has 0 unspecified atom stereocenters. The summed E-state index contributed by atoms with van der Waals surface area (Å²) in [6, 6.07) is 9.64. The number of nitrogens with zero attached hydrogens (tertiary/aromatic N) is 1. The second kappa shape index (κ2) is 5.40. The van der Waals surface area contributed by atoms with Crippen LogP contribution in [0, 0.1) is 11.3 Å². The Morgan fingerprint density at radius 2 is 2.21 bits per heavy atom. The Labute approximate surface area is 111 Å². The van der Waals surface area contributed by atoms with Crippen LogP contribution in [0.2, 0.25) is 0 Å². The molecule has 4 heteroatoms. The summed E-state index contributed by atoms with van der Waals surface area (Å²) in [4.78, 5) is 14.9. The van der Waals surface area contributed by atoms with Crippen molar-refractivity contribution in [1.82, 2.24) is 10.3 Å².